The molecule has 3 rings (SSSR count). The van der Waals surface area contributed by atoms with Gasteiger partial charge >= 0.3 is 0 Å². The van der Waals surface area contributed by atoms with Crippen LogP contribution in [0.3, 0.4) is 0 Å². The van der Waals surface area contributed by atoms with E-state index in [-0.39, 0.29) is 29.7 Å². The standard InChI is InChI=1S/C20H27N5O3.HI/c1-2-24-11-3-5-18(24)14-22-20(23-15-19-6-4-12-28-19)21-13-16-7-9-17(10-8-16)25(26)27;/h4,6-10,12,18H,2-3,5,11,13-15H2,1H3,(H2,21,22,23);1H. The molecular weight excluding hydrogens is 485 g/mol. The van der Waals surface area contributed by atoms with Crippen molar-refractivity contribution in [2.24, 2.45) is 4.99 Å². The number of likely N-dealkylation sites (N-methyl/N-ethyl adjacent to an activating group) is 1. The van der Waals surface area contributed by atoms with Gasteiger partial charge in [0.1, 0.15) is 5.76 Å². The van der Waals surface area contributed by atoms with E-state index in [1.807, 2.05) is 12.1 Å². The summed E-state index contributed by atoms with van der Waals surface area (Å²) >= 11 is 0. The number of halogens is 1. The van der Waals surface area contributed by atoms with E-state index in [1.54, 1.807) is 18.4 Å². The summed E-state index contributed by atoms with van der Waals surface area (Å²) in [6.45, 7) is 6.21. The van der Waals surface area contributed by atoms with Gasteiger partial charge in [-0.2, -0.15) is 0 Å². The molecule has 0 bridgehead atoms. The zero-order valence-electron chi connectivity index (χ0n) is 16.5. The summed E-state index contributed by atoms with van der Waals surface area (Å²) in [5.74, 6) is 1.54. The Kier molecular flexibility index (Phi) is 9.39. The minimum atomic E-state index is -0.397. The molecule has 0 aliphatic carbocycles. The van der Waals surface area contributed by atoms with Crippen LogP contribution in [0.4, 0.5) is 5.69 Å². The van der Waals surface area contributed by atoms with E-state index in [0.29, 0.717) is 25.1 Å². The molecule has 2 aromatic rings. The summed E-state index contributed by atoms with van der Waals surface area (Å²) < 4.78 is 5.38. The van der Waals surface area contributed by atoms with Crippen molar-refractivity contribution in [1.29, 1.82) is 0 Å². The van der Waals surface area contributed by atoms with Crippen molar-refractivity contribution in [3.8, 4) is 0 Å². The fraction of sp³-hybridized carbons (Fsp3) is 0.450. The maximum atomic E-state index is 10.8. The highest BCUT2D eigenvalue weighted by molar-refractivity contribution is 14.0. The molecule has 2 heterocycles. The lowest BCUT2D eigenvalue weighted by Gasteiger charge is -2.24. The molecule has 1 aliphatic rings. The van der Waals surface area contributed by atoms with E-state index in [9.17, 15) is 10.1 Å². The molecule has 0 saturated carbocycles. The van der Waals surface area contributed by atoms with Gasteiger partial charge in [-0.15, -0.1) is 24.0 Å². The Balaban J connectivity index is 0.00000300. The second kappa shape index (κ2) is 11.8. The molecule has 0 spiro atoms. The Morgan fingerprint density at radius 3 is 2.76 bits per heavy atom. The van der Waals surface area contributed by atoms with Gasteiger partial charge in [0, 0.05) is 24.7 Å². The van der Waals surface area contributed by atoms with Gasteiger partial charge in [-0.3, -0.25) is 15.0 Å². The third-order valence-corrected chi connectivity index (χ3v) is 4.99. The van der Waals surface area contributed by atoms with Gasteiger partial charge in [-0.05, 0) is 43.6 Å². The highest BCUT2D eigenvalue weighted by atomic mass is 127. The van der Waals surface area contributed by atoms with E-state index >= 15 is 0 Å². The summed E-state index contributed by atoms with van der Waals surface area (Å²) in [4.78, 5) is 17.5. The molecule has 1 saturated heterocycles. The number of non-ortho nitro benzene ring substituents is 1. The third kappa shape index (κ3) is 7.00. The molecule has 1 aliphatic heterocycles. The predicted molar refractivity (Wildman–Crippen MR) is 123 cm³/mol. The van der Waals surface area contributed by atoms with Crippen LogP contribution in [-0.2, 0) is 13.1 Å². The molecule has 2 N–H and O–H groups in total. The summed E-state index contributed by atoms with van der Waals surface area (Å²) in [7, 11) is 0. The van der Waals surface area contributed by atoms with E-state index < -0.39 is 4.92 Å². The average molecular weight is 513 g/mol. The maximum Gasteiger partial charge on any atom is 0.269 e. The Hall–Kier alpha value is -2.14. The van der Waals surface area contributed by atoms with Crippen LogP contribution in [0.15, 0.2) is 52.1 Å². The molecule has 158 valence electrons. The molecule has 1 aromatic carbocycles. The first-order chi connectivity index (χ1) is 13.7. The van der Waals surface area contributed by atoms with Crippen LogP contribution in [0.25, 0.3) is 0 Å². The van der Waals surface area contributed by atoms with E-state index in [0.717, 1.165) is 31.0 Å². The Morgan fingerprint density at radius 2 is 2.10 bits per heavy atom. The fourth-order valence-corrected chi connectivity index (χ4v) is 3.41. The second-order valence-electron chi connectivity index (χ2n) is 6.83. The zero-order valence-corrected chi connectivity index (χ0v) is 18.9. The van der Waals surface area contributed by atoms with Gasteiger partial charge < -0.3 is 15.1 Å². The van der Waals surface area contributed by atoms with Crippen LogP contribution in [0.2, 0.25) is 0 Å². The Labute approximate surface area is 187 Å². The number of nitro benzene ring substituents is 1. The molecule has 0 amide bonds. The number of rotatable bonds is 8. The number of hydrogen-bond acceptors (Lipinski definition) is 5. The lowest BCUT2D eigenvalue weighted by Crippen LogP contribution is -2.44. The lowest BCUT2D eigenvalue weighted by molar-refractivity contribution is -0.384. The summed E-state index contributed by atoms with van der Waals surface area (Å²) in [6, 6.07) is 10.8. The first kappa shape index (κ1) is 23.1. The van der Waals surface area contributed by atoms with Crippen molar-refractivity contribution in [2.45, 2.75) is 38.9 Å². The number of likely N-dealkylation sites (tertiary alicyclic amines) is 1. The number of hydrogen-bond donors (Lipinski definition) is 2. The van der Waals surface area contributed by atoms with Gasteiger partial charge in [0.15, 0.2) is 5.96 Å². The number of aliphatic imine (C=N–C) groups is 1. The van der Waals surface area contributed by atoms with Gasteiger partial charge in [0.05, 0.1) is 24.3 Å². The van der Waals surface area contributed by atoms with Crippen LogP contribution >= 0.6 is 24.0 Å². The highest BCUT2D eigenvalue weighted by Gasteiger charge is 2.22. The quantitative estimate of drug-likeness (QED) is 0.184. The first-order valence-corrected chi connectivity index (χ1v) is 9.67. The molecule has 1 aromatic heterocycles. The molecular formula is C20H28IN5O3. The van der Waals surface area contributed by atoms with Crippen molar-refractivity contribution >= 4 is 35.6 Å². The van der Waals surface area contributed by atoms with Crippen molar-refractivity contribution in [3.63, 3.8) is 0 Å². The second-order valence-corrected chi connectivity index (χ2v) is 6.83. The molecule has 1 unspecified atom stereocenters. The van der Waals surface area contributed by atoms with Crippen LogP contribution in [0.5, 0.6) is 0 Å². The van der Waals surface area contributed by atoms with Crippen LogP contribution in [0.1, 0.15) is 31.1 Å². The predicted octanol–water partition coefficient (Wildman–Crippen LogP) is 3.53. The minimum Gasteiger partial charge on any atom is -0.467 e. The normalized spacial score (nSPS) is 17.0. The van der Waals surface area contributed by atoms with Crippen molar-refractivity contribution in [3.05, 3.63) is 64.1 Å². The highest BCUT2D eigenvalue weighted by Crippen LogP contribution is 2.16. The average Bonchev–Trinajstić information content (AvgIpc) is 3.39. The van der Waals surface area contributed by atoms with Crippen molar-refractivity contribution in [1.82, 2.24) is 15.5 Å². The number of nitrogens with zero attached hydrogens (tertiary/aromatic N) is 3. The monoisotopic (exact) mass is 513 g/mol. The SMILES string of the molecule is CCN1CCCC1CNC(=NCc1ccc([N+](=O)[O-])cc1)NCc1ccco1.I. The van der Waals surface area contributed by atoms with Crippen LogP contribution in [-0.4, -0.2) is 41.5 Å². The van der Waals surface area contributed by atoms with E-state index in [2.05, 4.69) is 27.4 Å². The number of nitrogens with one attached hydrogen (secondary N) is 2. The van der Waals surface area contributed by atoms with Gasteiger partial charge in [0.2, 0.25) is 0 Å². The smallest absolute Gasteiger partial charge is 0.269 e. The molecule has 29 heavy (non-hydrogen) atoms. The van der Waals surface area contributed by atoms with E-state index in [1.165, 1.54) is 25.0 Å². The Morgan fingerprint density at radius 1 is 1.31 bits per heavy atom. The van der Waals surface area contributed by atoms with Crippen LogP contribution in [0, 0.1) is 10.1 Å². The van der Waals surface area contributed by atoms with Gasteiger partial charge in [-0.1, -0.05) is 19.1 Å². The summed E-state index contributed by atoms with van der Waals surface area (Å²) in [6.07, 6.45) is 4.07. The third-order valence-electron chi connectivity index (χ3n) is 4.99. The molecule has 0 radical (unpaired) electrons. The largest absolute Gasteiger partial charge is 0.467 e. The van der Waals surface area contributed by atoms with Crippen molar-refractivity contribution in [2.75, 3.05) is 19.6 Å². The first-order valence-electron chi connectivity index (χ1n) is 9.67. The topological polar surface area (TPSA) is 95.9 Å². The van der Waals surface area contributed by atoms with Gasteiger partial charge in [0.25, 0.3) is 5.69 Å². The summed E-state index contributed by atoms with van der Waals surface area (Å²) in [5.41, 5.74) is 1.00. The molecule has 1 atom stereocenters. The zero-order chi connectivity index (χ0) is 19.8. The van der Waals surface area contributed by atoms with E-state index in [4.69, 9.17) is 4.42 Å². The molecule has 9 heteroatoms. The number of benzene rings is 1. The number of nitro groups is 1. The minimum absolute atomic E-state index is 0. The molecule has 8 nitrogen and oxygen atoms in total. The number of furan rings is 1. The Bertz CT molecular complexity index is 780. The fourth-order valence-electron chi connectivity index (χ4n) is 3.41. The maximum absolute atomic E-state index is 10.8. The summed E-state index contributed by atoms with van der Waals surface area (Å²) in [5, 5.41) is 17.5. The number of guanidine groups is 1. The van der Waals surface area contributed by atoms with Gasteiger partial charge in [-0.25, -0.2) is 4.99 Å². The van der Waals surface area contributed by atoms with Crippen molar-refractivity contribution < 1.29 is 9.34 Å². The lowest BCUT2D eigenvalue weighted by atomic mass is 10.2. The van der Waals surface area contributed by atoms with Crippen LogP contribution < -0.4 is 10.6 Å². The molecule has 1 fully saturated rings.